The van der Waals surface area contributed by atoms with Gasteiger partial charge in [0.25, 0.3) is 0 Å². The molecule has 0 spiro atoms. The van der Waals surface area contributed by atoms with Gasteiger partial charge in [-0.25, -0.2) is 9.67 Å². The summed E-state index contributed by atoms with van der Waals surface area (Å²) in [6, 6.07) is 7.95. The minimum absolute atomic E-state index is 0.301. The standard InChI is InChI=1S/C12H15BrN4/c1-8(2)12-15-11(7-14)16-17(12)10-6-4-3-5-9(10)13/h3-6,8H,7,14H2,1-2H3. The van der Waals surface area contributed by atoms with E-state index in [9.17, 15) is 0 Å². The number of nitrogens with zero attached hydrogens (tertiary/aromatic N) is 3. The molecule has 0 aliphatic rings. The minimum atomic E-state index is 0.301. The molecule has 4 nitrogen and oxygen atoms in total. The summed E-state index contributed by atoms with van der Waals surface area (Å²) in [5.41, 5.74) is 6.59. The molecule has 0 saturated heterocycles. The van der Waals surface area contributed by atoms with Crippen LogP contribution in [0.1, 0.15) is 31.4 Å². The maximum Gasteiger partial charge on any atom is 0.164 e. The highest BCUT2D eigenvalue weighted by Gasteiger charge is 2.15. The summed E-state index contributed by atoms with van der Waals surface area (Å²) in [5.74, 6) is 1.90. The van der Waals surface area contributed by atoms with Gasteiger partial charge in [0.2, 0.25) is 0 Å². The van der Waals surface area contributed by atoms with Crippen molar-refractivity contribution in [3.05, 3.63) is 40.4 Å². The molecule has 0 aliphatic carbocycles. The highest BCUT2D eigenvalue weighted by molar-refractivity contribution is 9.10. The van der Waals surface area contributed by atoms with Crippen LogP contribution < -0.4 is 5.73 Å². The molecule has 0 unspecified atom stereocenters. The van der Waals surface area contributed by atoms with Crippen LogP contribution in [-0.4, -0.2) is 14.8 Å². The van der Waals surface area contributed by atoms with Crippen molar-refractivity contribution in [2.75, 3.05) is 0 Å². The molecule has 0 bridgehead atoms. The Bertz CT molecular complexity index is 519. The number of aromatic nitrogens is 3. The molecule has 2 rings (SSSR count). The molecule has 1 aromatic heterocycles. The summed E-state index contributed by atoms with van der Waals surface area (Å²) >= 11 is 3.53. The monoisotopic (exact) mass is 294 g/mol. The first kappa shape index (κ1) is 12.3. The number of halogens is 1. The van der Waals surface area contributed by atoms with E-state index in [1.54, 1.807) is 0 Å². The lowest BCUT2D eigenvalue weighted by Gasteiger charge is -2.09. The first-order chi connectivity index (χ1) is 8.13. The van der Waals surface area contributed by atoms with Gasteiger partial charge in [-0.2, -0.15) is 0 Å². The summed E-state index contributed by atoms with van der Waals surface area (Å²) < 4.78 is 2.85. The predicted octanol–water partition coefficient (Wildman–Crippen LogP) is 2.61. The van der Waals surface area contributed by atoms with Gasteiger partial charge in [0.15, 0.2) is 5.82 Å². The Kier molecular flexibility index (Phi) is 3.59. The van der Waals surface area contributed by atoms with Gasteiger partial charge in [0.05, 0.1) is 12.2 Å². The van der Waals surface area contributed by atoms with Crippen LogP contribution in [0.25, 0.3) is 5.69 Å². The minimum Gasteiger partial charge on any atom is -0.324 e. The predicted molar refractivity (Wildman–Crippen MR) is 71.0 cm³/mol. The third-order valence-corrected chi connectivity index (χ3v) is 3.13. The van der Waals surface area contributed by atoms with E-state index in [0.29, 0.717) is 18.3 Å². The number of hydrogen-bond donors (Lipinski definition) is 1. The van der Waals surface area contributed by atoms with Crippen molar-refractivity contribution < 1.29 is 0 Å². The molecule has 5 heteroatoms. The molecule has 17 heavy (non-hydrogen) atoms. The molecule has 0 amide bonds. The second-order valence-electron chi connectivity index (χ2n) is 4.11. The quantitative estimate of drug-likeness (QED) is 0.947. The highest BCUT2D eigenvalue weighted by Crippen LogP contribution is 2.23. The Hall–Kier alpha value is -1.20. The first-order valence-electron chi connectivity index (χ1n) is 5.54. The Labute approximate surface area is 109 Å². The normalized spacial score (nSPS) is 11.1. The largest absolute Gasteiger partial charge is 0.324 e. The van der Waals surface area contributed by atoms with Gasteiger partial charge in [-0.1, -0.05) is 26.0 Å². The molecular weight excluding hydrogens is 280 g/mol. The lowest BCUT2D eigenvalue weighted by Crippen LogP contribution is -2.05. The van der Waals surface area contributed by atoms with Crippen LogP contribution in [0.4, 0.5) is 0 Å². The molecule has 2 aromatic rings. The highest BCUT2D eigenvalue weighted by atomic mass is 79.9. The second-order valence-corrected chi connectivity index (χ2v) is 4.96. The van der Waals surface area contributed by atoms with E-state index in [2.05, 4.69) is 39.9 Å². The van der Waals surface area contributed by atoms with E-state index in [4.69, 9.17) is 5.73 Å². The summed E-state index contributed by atoms with van der Waals surface area (Å²) in [7, 11) is 0. The van der Waals surface area contributed by atoms with Crippen LogP contribution in [0.15, 0.2) is 28.7 Å². The van der Waals surface area contributed by atoms with Crippen molar-refractivity contribution in [1.82, 2.24) is 14.8 Å². The Morgan fingerprint density at radius 3 is 2.65 bits per heavy atom. The molecule has 0 radical (unpaired) electrons. The fraction of sp³-hybridized carbons (Fsp3) is 0.333. The number of hydrogen-bond acceptors (Lipinski definition) is 3. The van der Waals surface area contributed by atoms with Crippen LogP contribution in [0.3, 0.4) is 0 Å². The third-order valence-electron chi connectivity index (χ3n) is 2.46. The zero-order chi connectivity index (χ0) is 12.4. The summed E-state index contributed by atoms with van der Waals surface area (Å²) in [6.45, 7) is 4.55. The van der Waals surface area contributed by atoms with Crippen molar-refractivity contribution in [3.63, 3.8) is 0 Å². The summed E-state index contributed by atoms with van der Waals surface area (Å²) in [4.78, 5) is 4.45. The molecule has 90 valence electrons. The lowest BCUT2D eigenvalue weighted by molar-refractivity contribution is 0.711. The molecule has 0 aliphatic heterocycles. The Morgan fingerprint density at radius 1 is 1.35 bits per heavy atom. The van der Waals surface area contributed by atoms with Gasteiger partial charge < -0.3 is 5.73 Å². The van der Waals surface area contributed by atoms with E-state index in [0.717, 1.165) is 16.0 Å². The van der Waals surface area contributed by atoms with E-state index < -0.39 is 0 Å². The number of rotatable bonds is 3. The topological polar surface area (TPSA) is 56.7 Å². The molecule has 0 saturated carbocycles. The number of benzene rings is 1. The van der Waals surface area contributed by atoms with Crippen molar-refractivity contribution >= 4 is 15.9 Å². The Balaban J connectivity index is 2.58. The van der Waals surface area contributed by atoms with E-state index >= 15 is 0 Å². The van der Waals surface area contributed by atoms with Gasteiger partial charge in [-0.3, -0.25) is 0 Å². The molecular formula is C12H15BrN4. The lowest BCUT2D eigenvalue weighted by atomic mass is 10.2. The van der Waals surface area contributed by atoms with Gasteiger partial charge in [-0.15, -0.1) is 5.10 Å². The van der Waals surface area contributed by atoms with E-state index in [1.165, 1.54) is 0 Å². The molecule has 1 aromatic carbocycles. The molecule has 2 N–H and O–H groups in total. The van der Waals surface area contributed by atoms with Crippen molar-refractivity contribution in [3.8, 4) is 5.69 Å². The van der Waals surface area contributed by atoms with Gasteiger partial charge in [0.1, 0.15) is 5.82 Å². The third kappa shape index (κ3) is 2.40. The van der Waals surface area contributed by atoms with Crippen molar-refractivity contribution in [2.45, 2.75) is 26.3 Å². The summed E-state index contributed by atoms with van der Waals surface area (Å²) in [5, 5.41) is 4.43. The fourth-order valence-corrected chi connectivity index (χ4v) is 2.08. The smallest absolute Gasteiger partial charge is 0.164 e. The zero-order valence-electron chi connectivity index (χ0n) is 9.89. The maximum absolute atomic E-state index is 5.60. The molecule has 0 fully saturated rings. The van der Waals surface area contributed by atoms with Crippen LogP contribution in [0, 0.1) is 0 Å². The average Bonchev–Trinajstić information content (AvgIpc) is 2.73. The van der Waals surface area contributed by atoms with Crippen molar-refractivity contribution in [1.29, 1.82) is 0 Å². The maximum atomic E-state index is 5.60. The van der Waals surface area contributed by atoms with Gasteiger partial charge >= 0.3 is 0 Å². The molecule has 0 atom stereocenters. The van der Waals surface area contributed by atoms with E-state index in [-0.39, 0.29) is 0 Å². The zero-order valence-corrected chi connectivity index (χ0v) is 11.5. The number of nitrogens with two attached hydrogens (primary N) is 1. The van der Waals surface area contributed by atoms with Crippen LogP contribution in [-0.2, 0) is 6.54 Å². The van der Waals surface area contributed by atoms with Crippen molar-refractivity contribution in [2.24, 2.45) is 5.73 Å². The fourth-order valence-electron chi connectivity index (χ4n) is 1.63. The number of para-hydroxylation sites is 1. The van der Waals surface area contributed by atoms with Crippen LogP contribution in [0.2, 0.25) is 0 Å². The first-order valence-corrected chi connectivity index (χ1v) is 6.33. The van der Waals surface area contributed by atoms with Crippen LogP contribution >= 0.6 is 15.9 Å². The second kappa shape index (κ2) is 4.98. The average molecular weight is 295 g/mol. The molecule has 1 heterocycles. The van der Waals surface area contributed by atoms with Gasteiger partial charge in [0, 0.05) is 10.4 Å². The van der Waals surface area contributed by atoms with Crippen LogP contribution in [0.5, 0.6) is 0 Å². The van der Waals surface area contributed by atoms with Gasteiger partial charge in [-0.05, 0) is 28.1 Å². The summed E-state index contributed by atoms with van der Waals surface area (Å²) in [6.07, 6.45) is 0. The SMILES string of the molecule is CC(C)c1nc(CN)nn1-c1ccccc1Br. The van der Waals surface area contributed by atoms with E-state index in [1.807, 2.05) is 28.9 Å². The Morgan fingerprint density at radius 2 is 2.06 bits per heavy atom.